The number of aldehydes is 1. The maximum atomic E-state index is 11.0. The van der Waals surface area contributed by atoms with Crippen molar-refractivity contribution in [2.75, 3.05) is 19.8 Å². The van der Waals surface area contributed by atoms with Crippen LogP contribution in [0.4, 0.5) is 0 Å². The Balaban J connectivity index is 2.46. The summed E-state index contributed by atoms with van der Waals surface area (Å²) in [6.07, 6.45) is 1.93. The third-order valence-electron chi connectivity index (χ3n) is 2.60. The summed E-state index contributed by atoms with van der Waals surface area (Å²) in [6, 6.07) is 1.70. The SMILES string of the molecule is O=Cc1c(Cl)cc(CCCO)c2c1OCCO2. The molecule has 0 amide bonds. The molecule has 1 heterocycles. The number of hydrogen-bond acceptors (Lipinski definition) is 4. The summed E-state index contributed by atoms with van der Waals surface area (Å²) >= 11 is 6.02. The van der Waals surface area contributed by atoms with Gasteiger partial charge >= 0.3 is 0 Å². The Bertz CT molecular complexity index is 431. The van der Waals surface area contributed by atoms with Gasteiger partial charge in [0.25, 0.3) is 0 Å². The number of carbonyl (C=O) groups excluding carboxylic acids is 1. The summed E-state index contributed by atoms with van der Waals surface area (Å²) in [5.41, 5.74) is 1.19. The molecule has 4 nitrogen and oxygen atoms in total. The maximum absolute atomic E-state index is 11.0. The van der Waals surface area contributed by atoms with Gasteiger partial charge in [0, 0.05) is 6.61 Å². The molecule has 0 radical (unpaired) electrons. The van der Waals surface area contributed by atoms with Crippen molar-refractivity contribution in [3.63, 3.8) is 0 Å². The minimum atomic E-state index is 0.0999. The van der Waals surface area contributed by atoms with Gasteiger partial charge in [0.05, 0.1) is 10.6 Å². The van der Waals surface area contributed by atoms with Crippen molar-refractivity contribution in [1.82, 2.24) is 0 Å². The molecule has 5 heteroatoms. The third kappa shape index (κ3) is 2.37. The van der Waals surface area contributed by atoms with E-state index in [2.05, 4.69) is 0 Å². The average Bonchev–Trinajstić information content (AvgIpc) is 2.36. The number of rotatable bonds is 4. The van der Waals surface area contributed by atoms with E-state index in [0.29, 0.717) is 54.4 Å². The Morgan fingerprint density at radius 1 is 1.35 bits per heavy atom. The predicted octanol–water partition coefficient (Wildman–Crippen LogP) is 1.85. The molecule has 1 aliphatic rings. The number of ether oxygens (including phenoxy) is 2. The van der Waals surface area contributed by atoms with Crippen LogP contribution < -0.4 is 9.47 Å². The van der Waals surface area contributed by atoms with E-state index in [4.69, 9.17) is 26.2 Å². The van der Waals surface area contributed by atoms with Crippen LogP contribution in [0.15, 0.2) is 6.07 Å². The number of aliphatic hydroxyl groups excluding tert-OH is 1. The van der Waals surface area contributed by atoms with E-state index in [9.17, 15) is 4.79 Å². The van der Waals surface area contributed by atoms with E-state index < -0.39 is 0 Å². The highest BCUT2D eigenvalue weighted by molar-refractivity contribution is 6.33. The van der Waals surface area contributed by atoms with Gasteiger partial charge in [0.1, 0.15) is 13.2 Å². The lowest BCUT2D eigenvalue weighted by Crippen LogP contribution is -2.18. The first kappa shape index (κ1) is 12.2. The van der Waals surface area contributed by atoms with Gasteiger partial charge in [0.15, 0.2) is 17.8 Å². The summed E-state index contributed by atoms with van der Waals surface area (Å²) < 4.78 is 11.0. The van der Waals surface area contributed by atoms with Gasteiger partial charge < -0.3 is 14.6 Å². The molecule has 92 valence electrons. The largest absolute Gasteiger partial charge is 0.486 e. The molecule has 17 heavy (non-hydrogen) atoms. The Morgan fingerprint density at radius 3 is 2.71 bits per heavy atom. The van der Waals surface area contributed by atoms with E-state index in [0.717, 1.165) is 5.56 Å². The lowest BCUT2D eigenvalue weighted by atomic mass is 10.0. The molecule has 0 bridgehead atoms. The summed E-state index contributed by atoms with van der Waals surface area (Å²) in [5.74, 6) is 1.00. The van der Waals surface area contributed by atoms with Crippen LogP contribution in [-0.4, -0.2) is 31.2 Å². The van der Waals surface area contributed by atoms with Gasteiger partial charge in [-0.25, -0.2) is 0 Å². The summed E-state index contributed by atoms with van der Waals surface area (Å²) in [6.45, 7) is 0.968. The third-order valence-corrected chi connectivity index (χ3v) is 2.91. The highest BCUT2D eigenvalue weighted by Crippen LogP contribution is 2.40. The molecular formula is C12H13ClO4. The molecule has 0 saturated carbocycles. The van der Waals surface area contributed by atoms with Crippen molar-refractivity contribution in [1.29, 1.82) is 0 Å². The van der Waals surface area contributed by atoms with Crippen LogP contribution in [0.3, 0.4) is 0 Å². The van der Waals surface area contributed by atoms with Crippen LogP contribution >= 0.6 is 11.6 Å². The van der Waals surface area contributed by atoms with E-state index in [1.165, 1.54) is 0 Å². The van der Waals surface area contributed by atoms with Crippen LogP contribution in [0.5, 0.6) is 11.5 Å². The lowest BCUT2D eigenvalue weighted by Gasteiger charge is -2.23. The van der Waals surface area contributed by atoms with Crippen LogP contribution in [-0.2, 0) is 6.42 Å². The zero-order valence-corrected chi connectivity index (χ0v) is 10.00. The van der Waals surface area contributed by atoms with Crippen molar-refractivity contribution >= 4 is 17.9 Å². The van der Waals surface area contributed by atoms with Gasteiger partial charge in [-0.05, 0) is 24.5 Å². The Morgan fingerprint density at radius 2 is 2.06 bits per heavy atom. The second kappa shape index (κ2) is 5.38. The van der Waals surface area contributed by atoms with Crippen molar-refractivity contribution in [3.05, 3.63) is 22.2 Å². The van der Waals surface area contributed by atoms with Crippen LogP contribution in [0, 0.1) is 0 Å². The van der Waals surface area contributed by atoms with Crippen LogP contribution in [0.1, 0.15) is 22.3 Å². The maximum Gasteiger partial charge on any atom is 0.173 e. The van der Waals surface area contributed by atoms with Crippen molar-refractivity contribution in [2.45, 2.75) is 12.8 Å². The number of benzene rings is 1. The molecule has 0 atom stereocenters. The minimum absolute atomic E-state index is 0.0999. The Labute approximate surface area is 104 Å². The summed E-state index contributed by atoms with van der Waals surface area (Å²) in [4.78, 5) is 11.0. The summed E-state index contributed by atoms with van der Waals surface area (Å²) in [5, 5.41) is 9.20. The van der Waals surface area contributed by atoms with E-state index in [-0.39, 0.29) is 6.61 Å². The number of hydrogen-bond donors (Lipinski definition) is 1. The quantitative estimate of drug-likeness (QED) is 0.836. The predicted molar refractivity (Wildman–Crippen MR) is 63.2 cm³/mol. The van der Waals surface area contributed by atoms with E-state index in [1.54, 1.807) is 6.07 Å². The smallest absolute Gasteiger partial charge is 0.173 e. The van der Waals surface area contributed by atoms with E-state index in [1.807, 2.05) is 0 Å². The normalized spacial score (nSPS) is 13.5. The molecule has 1 aromatic rings. The zero-order chi connectivity index (χ0) is 12.3. The van der Waals surface area contributed by atoms with Gasteiger partial charge in [-0.15, -0.1) is 0 Å². The fraction of sp³-hybridized carbons (Fsp3) is 0.417. The van der Waals surface area contributed by atoms with Crippen molar-refractivity contribution < 1.29 is 19.4 Å². The van der Waals surface area contributed by atoms with Crippen molar-refractivity contribution in [2.24, 2.45) is 0 Å². The first-order valence-electron chi connectivity index (χ1n) is 5.45. The number of carbonyl (C=O) groups is 1. The number of aryl methyl sites for hydroxylation is 1. The standard InChI is InChI=1S/C12H13ClO4/c13-10-6-8(2-1-3-14)11-12(9(10)7-15)17-5-4-16-11/h6-7,14H,1-5H2. The van der Waals surface area contributed by atoms with Gasteiger partial charge in [-0.1, -0.05) is 11.6 Å². The molecule has 2 rings (SSSR count). The van der Waals surface area contributed by atoms with Gasteiger partial charge in [-0.3, -0.25) is 4.79 Å². The molecule has 0 aliphatic carbocycles. The second-order valence-electron chi connectivity index (χ2n) is 3.73. The molecule has 0 spiro atoms. The van der Waals surface area contributed by atoms with Gasteiger partial charge in [0.2, 0.25) is 0 Å². The number of fused-ring (bicyclic) bond motifs is 1. The average molecular weight is 257 g/mol. The van der Waals surface area contributed by atoms with Crippen LogP contribution in [0.2, 0.25) is 5.02 Å². The second-order valence-corrected chi connectivity index (χ2v) is 4.14. The highest BCUT2D eigenvalue weighted by Gasteiger charge is 2.22. The molecular weight excluding hydrogens is 244 g/mol. The topological polar surface area (TPSA) is 55.8 Å². The zero-order valence-electron chi connectivity index (χ0n) is 9.24. The number of aliphatic hydroxyl groups is 1. The molecule has 0 fully saturated rings. The fourth-order valence-electron chi connectivity index (χ4n) is 1.83. The number of halogens is 1. The molecule has 1 aromatic carbocycles. The highest BCUT2D eigenvalue weighted by atomic mass is 35.5. The summed E-state index contributed by atoms with van der Waals surface area (Å²) in [7, 11) is 0. The van der Waals surface area contributed by atoms with Gasteiger partial charge in [-0.2, -0.15) is 0 Å². The monoisotopic (exact) mass is 256 g/mol. The Hall–Kier alpha value is -1.26. The first-order chi connectivity index (χ1) is 8.27. The Kier molecular flexibility index (Phi) is 3.86. The lowest BCUT2D eigenvalue weighted by molar-refractivity contribution is 0.111. The van der Waals surface area contributed by atoms with E-state index >= 15 is 0 Å². The minimum Gasteiger partial charge on any atom is -0.486 e. The fourth-order valence-corrected chi connectivity index (χ4v) is 2.09. The van der Waals surface area contributed by atoms with Crippen molar-refractivity contribution in [3.8, 4) is 11.5 Å². The first-order valence-corrected chi connectivity index (χ1v) is 5.82. The molecule has 1 N–H and O–H groups in total. The molecule has 0 aromatic heterocycles. The van der Waals surface area contributed by atoms with Crippen LogP contribution in [0.25, 0.3) is 0 Å². The molecule has 0 unspecified atom stereocenters. The molecule has 1 aliphatic heterocycles. The molecule has 0 saturated heterocycles.